The zero-order valence-electron chi connectivity index (χ0n) is 14.4. The highest BCUT2D eigenvalue weighted by Gasteiger charge is 2.13. The van der Waals surface area contributed by atoms with Gasteiger partial charge in [-0.1, -0.05) is 0 Å². The fourth-order valence-corrected chi connectivity index (χ4v) is 2.22. The van der Waals surface area contributed by atoms with Crippen molar-refractivity contribution in [1.29, 1.82) is 0 Å². The van der Waals surface area contributed by atoms with E-state index in [-0.39, 0.29) is 18.1 Å². The van der Waals surface area contributed by atoms with Crippen molar-refractivity contribution in [3.63, 3.8) is 0 Å². The van der Waals surface area contributed by atoms with Gasteiger partial charge < -0.3 is 9.47 Å². The van der Waals surface area contributed by atoms with E-state index in [0.717, 1.165) is 0 Å². The molecule has 1 aromatic heterocycles. The normalized spacial score (nSPS) is 10.3. The van der Waals surface area contributed by atoms with Crippen LogP contribution < -0.4 is 10.1 Å². The molecule has 1 amide bonds. The van der Waals surface area contributed by atoms with Crippen LogP contribution in [0.2, 0.25) is 0 Å². The van der Waals surface area contributed by atoms with Crippen molar-refractivity contribution >= 4 is 17.7 Å². The van der Waals surface area contributed by atoms with Crippen molar-refractivity contribution in [3.05, 3.63) is 72.3 Å². The molecule has 8 heteroatoms. The highest BCUT2D eigenvalue weighted by Crippen LogP contribution is 2.17. The summed E-state index contributed by atoms with van der Waals surface area (Å²) in [5.74, 6) is -0.695. The van der Waals surface area contributed by atoms with E-state index < -0.39 is 12.1 Å². The number of benzene rings is 2. The summed E-state index contributed by atoms with van der Waals surface area (Å²) in [4.78, 5) is 23.6. The average Bonchev–Trinajstić information content (AvgIpc) is 3.14. The Balaban J connectivity index is 1.63. The molecule has 0 bridgehead atoms. The molecule has 0 unspecified atom stereocenters. The van der Waals surface area contributed by atoms with Crippen LogP contribution in [0.4, 0.5) is 14.9 Å². The predicted octanol–water partition coefficient (Wildman–Crippen LogP) is 3.80. The van der Waals surface area contributed by atoms with Crippen LogP contribution in [-0.4, -0.2) is 28.4 Å². The summed E-state index contributed by atoms with van der Waals surface area (Å²) in [5.41, 5.74) is 1.23. The molecule has 1 heterocycles. The van der Waals surface area contributed by atoms with E-state index in [9.17, 15) is 14.0 Å². The number of hydrogen-bond acceptors (Lipinski definition) is 5. The van der Waals surface area contributed by atoms with E-state index >= 15 is 0 Å². The maximum absolute atomic E-state index is 13.0. The predicted molar refractivity (Wildman–Crippen MR) is 95.6 cm³/mol. The number of nitrogens with one attached hydrogen (secondary N) is 1. The maximum atomic E-state index is 13.0. The number of esters is 1. The summed E-state index contributed by atoms with van der Waals surface area (Å²) in [7, 11) is 0. The van der Waals surface area contributed by atoms with Gasteiger partial charge in [0, 0.05) is 11.9 Å². The first kappa shape index (κ1) is 18.1. The second kappa shape index (κ2) is 8.13. The van der Waals surface area contributed by atoms with Crippen molar-refractivity contribution in [2.75, 3.05) is 11.9 Å². The topological polar surface area (TPSA) is 82.5 Å². The Kier molecular flexibility index (Phi) is 5.46. The third-order valence-electron chi connectivity index (χ3n) is 3.48. The summed E-state index contributed by atoms with van der Waals surface area (Å²) in [6, 6.07) is 13.4. The molecule has 3 aromatic rings. The van der Waals surface area contributed by atoms with Crippen molar-refractivity contribution in [1.82, 2.24) is 9.78 Å². The Labute approximate surface area is 154 Å². The van der Waals surface area contributed by atoms with Crippen molar-refractivity contribution in [3.8, 4) is 11.4 Å². The molecular formula is C19H16FN3O4. The van der Waals surface area contributed by atoms with Gasteiger partial charge in [-0.25, -0.2) is 18.7 Å². The highest BCUT2D eigenvalue weighted by molar-refractivity contribution is 5.89. The minimum absolute atomic E-state index is 0.105. The number of hydrogen-bond donors (Lipinski definition) is 1. The molecule has 3 rings (SSSR count). The Morgan fingerprint density at radius 1 is 1.07 bits per heavy atom. The number of ether oxygens (including phenoxy) is 2. The molecule has 0 aliphatic heterocycles. The summed E-state index contributed by atoms with van der Waals surface area (Å²) >= 11 is 0. The molecule has 0 atom stereocenters. The van der Waals surface area contributed by atoms with E-state index in [2.05, 4.69) is 10.4 Å². The summed E-state index contributed by atoms with van der Waals surface area (Å²) in [5, 5.41) is 6.67. The Bertz CT molecular complexity index is 936. The smallest absolute Gasteiger partial charge is 0.411 e. The Hall–Kier alpha value is -3.68. The third-order valence-corrected chi connectivity index (χ3v) is 3.48. The van der Waals surface area contributed by atoms with E-state index in [1.165, 1.54) is 35.0 Å². The third kappa shape index (κ3) is 4.69. The van der Waals surface area contributed by atoms with E-state index in [1.54, 1.807) is 37.4 Å². The standard InChI is InChI=1S/C19H16FN3O4/c1-2-26-19(25)21-14-5-9-16(10-6-14)27-18(24)17-11-12-23(22-17)15-7-3-13(20)4-8-15/h3-12H,2H2,1H3,(H,21,25). The first-order chi connectivity index (χ1) is 13.0. The molecule has 138 valence electrons. The SMILES string of the molecule is CCOC(=O)Nc1ccc(OC(=O)c2ccn(-c3ccc(F)cc3)n2)cc1. The Morgan fingerprint density at radius 2 is 1.78 bits per heavy atom. The van der Waals surface area contributed by atoms with Crippen LogP contribution in [0.25, 0.3) is 5.69 Å². The number of carbonyl (C=O) groups is 2. The zero-order valence-corrected chi connectivity index (χ0v) is 14.4. The second-order valence-electron chi connectivity index (χ2n) is 5.38. The van der Waals surface area contributed by atoms with Crippen LogP contribution >= 0.6 is 0 Å². The van der Waals surface area contributed by atoms with Gasteiger partial charge in [0.2, 0.25) is 0 Å². The molecule has 0 saturated carbocycles. The lowest BCUT2D eigenvalue weighted by molar-refractivity contribution is 0.0728. The molecule has 0 radical (unpaired) electrons. The summed E-state index contributed by atoms with van der Waals surface area (Å²) in [6.45, 7) is 1.98. The molecule has 7 nitrogen and oxygen atoms in total. The van der Waals surface area contributed by atoms with E-state index in [1.807, 2.05) is 0 Å². The van der Waals surface area contributed by atoms with Gasteiger partial charge in [-0.3, -0.25) is 5.32 Å². The minimum atomic E-state index is -0.637. The molecule has 2 aromatic carbocycles. The van der Waals surface area contributed by atoms with Crippen LogP contribution in [0.15, 0.2) is 60.8 Å². The molecule has 0 saturated heterocycles. The van der Waals surface area contributed by atoms with Crippen molar-refractivity contribution in [2.45, 2.75) is 6.92 Å². The second-order valence-corrected chi connectivity index (χ2v) is 5.38. The van der Waals surface area contributed by atoms with Gasteiger partial charge in [-0.05, 0) is 61.5 Å². The van der Waals surface area contributed by atoms with Gasteiger partial charge in [0.05, 0.1) is 12.3 Å². The first-order valence-electron chi connectivity index (χ1n) is 8.13. The fourth-order valence-electron chi connectivity index (χ4n) is 2.22. The molecule has 0 aliphatic carbocycles. The van der Waals surface area contributed by atoms with Crippen LogP contribution in [0.5, 0.6) is 5.75 Å². The van der Waals surface area contributed by atoms with Crippen LogP contribution in [0.3, 0.4) is 0 Å². The monoisotopic (exact) mass is 369 g/mol. The number of carbonyl (C=O) groups excluding carboxylic acids is 2. The van der Waals surface area contributed by atoms with E-state index in [4.69, 9.17) is 9.47 Å². The minimum Gasteiger partial charge on any atom is -0.450 e. The Morgan fingerprint density at radius 3 is 2.44 bits per heavy atom. The van der Waals surface area contributed by atoms with Gasteiger partial charge in [-0.15, -0.1) is 0 Å². The molecule has 0 aliphatic rings. The molecule has 27 heavy (non-hydrogen) atoms. The number of rotatable bonds is 5. The van der Waals surface area contributed by atoms with Gasteiger partial charge in [0.1, 0.15) is 11.6 Å². The first-order valence-corrected chi connectivity index (χ1v) is 8.13. The van der Waals surface area contributed by atoms with Crippen molar-refractivity contribution in [2.24, 2.45) is 0 Å². The summed E-state index contributed by atoms with van der Waals surface area (Å²) < 4.78 is 24.5. The fraction of sp³-hybridized carbons (Fsp3) is 0.105. The summed E-state index contributed by atoms with van der Waals surface area (Å²) in [6.07, 6.45) is 1.02. The number of amides is 1. The molecule has 1 N–H and O–H groups in total. The zero-order chi connectivity index (χ0) is 19.2. The lowest BCUT2D eigenvalue weighted by Gasteiger charge is -2.06. The largest absolute Gasteiger partial charge is 0.450 e. The van der Waals surface area contributed by atoms with Gasteiger partial charge in [0.15, 0.2) is 5.69 Å². The molecule has 0 fully saturated rings. The van der Waals surface area contributed by atoms with Crippen LogP contribution in [0, 0.1) is 5.82 Å². The average molecular weight is 369 g/mol. The van der Waals surface area contributed by atoms with Crippen molar-refractivity contribution < 1.29 is 23.5 Å². The number of halogens is 1. The highest BCUT2D eigenvalue weighted by atomic mass is 19.1. The van der Waals surface area contributed by atoms with Crippen LogP contribution in [-0.2, 0) is 4.74 Å². The lowest BCUT2D eigenvalue weighted by atomic mass is 10.3. The molecule has 0 spiro atoms. The maximum Gasteiger partial charge on any atom is 0.411 e. The number of aromatic nitrogens is 2. The van der Waals surface area contributed by atoms with Gasteiger partial charge in [0.25, 0.3) is 0 Å². The quantitative estimate of drug-likeness (QED) is 0.546. The lowest BCUT2D eigenvalue weighted by Crippen LogP contribution is -2.13. The number of nitrogens with zero attached hydrogens (tertiary/aromatic N) is 2. The van der Waals surface area contributed by atoms with Gasteiger partial charge in [-0.2, -0.15) is 5.10 Å². The van der Waals surface area contributed by atoms with Gasteiger partial charge >= 0.3 is 12.1 Å². The van der Waals surface area contributed by atoms with Crippen LogP contribution in [0.1, 0.15) is 17.4 Å². The van der Waals surface area contributed by atoms with E-state index in [0.29, 0.717) is 17.1 Å². The molecular weight excluding hydrogens is 353 g/mol. The number of anilines is 1.